The molecule has 0 saturated carbocycles. The third kappa shape index (κ3) is 5.10. The van der Waals surface area contributed by atoms with Gasteiger partial charge in [0.15, 0.2) is 0 Å². The molecule has 23 heavy (non-hydrogen) atoms. The summed E-state index contributed by atoms with van der Waals surface area (Å²) in [5.74, 6) is 0.00532. The number of hydrogen-bond acceptors (Lipinski definition) is 4. The molecule has 1 heterocycles. The number of benzene rings is 1. The van der Waals surface area contributed by atoms with E-state index in [9.17, 15) is 9.59 Å². The lowest BCUT2D eigenvalue weighted by Gasteiger charge is -2.10. The fourth-order valence-electron chi connectivity index (χ4n) is 1.91. The molecule has 0 unspecified atom stereocenters. The summed E-state index contributed by atoms with van der Waals surface area (Å²) in [6.07, 6.45) is 3.07. The second-order valence-corrected chi connectivity index (χ2v) is 5.10. The number of rotatable bonds is 6. The maximum Gasteiger partial charge on any atom is 0.240 e. The minimum atomic E-state index is -0.330. The van der Waals surface area contributed by atoms with Crippen LogP contribution in [0.15, 0.2) is 46.1 Å². The monoisotopic (exact) mass is 313 g/mol. The van der Waals surface area contributed by atoms with Crippen molar-refractivity contribution in [2.24, 2.45) is 5.10 Å². The topological polar surface area (TPSA) is 83.7 Å². The Morgan fingerprint density at radius 2 is 1.91 bits per heavy atom. The summed E-state index contributed by atoms with van der Waals surface area (Å²) in [6.45, 7) is 3.93. The Balaban J connectivity index is 1.75. The Morgan fingerprint density at radius 1 is 1.13 bits per heavy atom. The van der Waals surface area contributed by atoms with E-state index < -0.39 is 0 Å². The first-order valence-electron chi connectivity index (χ1n) is 7.28. The van der Waals surface area contributed by atoms with Gasteiger partial charge in [-0.2, -0.15) is 5.10 Å². The van der Waals surface area contributed by atoms with Crippen LogP contribution in [-0.2, 0) is 9.59 Å². The van der Waals surface area contributed by atoms with Crippen LogP contribution in [0.2, 0.25) is 0 Å². The summed E-state index contributed by atoms with van der Waals surface area (Å²) < 4.78 is 5.04. The zero-order chi connectivity index (χ0) is 16.7. The summed E-state index contributed by atoms with van der Waals surface area (Å²) in [6, 6.07) is 9.14. The third-order valence-electron chi connectivity index (χ3n) is 3.38. The van der Waals surface area contributed by atoms with Gasteiger partial charge >= 0.3 is 0 Å². The van der Waals surface area contributed by atoms with E-state index in [1.807, 2.05) is 32.0 Å². The molecular formula is C17H19N3O3. The van der Waals surface area contributed by atoms with E-state index in [0.29, 0.717) is 5.76 Å². The third-order valence-corrected chi connectivity index (χ3v) is 3.38. The van der Waals surface area contributed by atoms with Crippen molar-refractivity contribution in [3.8, 4) is 0 Å². The largest absolute Gasteiger partial charge is 0.463 e. The first kappa shape index (κ1) is 16.5. The van der Waals surface area contributed by atoms with Crippen LogP contribution < -0.4 is 10.7 Å². The number of hydrazone groups is 1. The fraction of sp³-hybridized carbons (Fsp3) is 0.235. The smallest absolute Gasteiger partial charge is 0.240 e. The highest BCUT2D eigenvalue weighted by molar-refractivity contribution is 5.94. The SMILES string of the molecule is Cc1cccc(NC(=O)CCC(=O)N/N=C\c2ccco2)c1C. The number of amides is 2. The molecule has 1 aromatic heterocycles. The lowest BCUT2D eigenvalue weighted by atomic mass is 10.1. The van der Waals surface area contributed by atoms with Crippen LogP contribution in [0.5, 0.6) is 0 Å². The molecule has 6 heteroatoms. The average molecular weight is 313 g/mol. The predicted molar refractivity (Wildman–Crippen MR) is 88.2 cm³/mol. The molecule has 0 aliphatic heterocycles. The molecule has 0 aliphatic rings. The molecule has 2 aromatic rings. The van der Waals surface area contributed by atoms with Crippen LogP contribution >= 0.6 is 0 Å². The van der Waals surface area contributed by atoms with Gasteiger partial charge in [0.1, 0.15) is 5.76 Å². The van der Waals surface area contributed by atoms with Gasteiger partial charge in [0.05, 0.1) is 12.5 Å². The maximum absolute atomic E-state index is 11.9. The first-order chi connectivity index (χ1) is 11.1. The molecule has 0 aliphatic carbocycles. The molecule has 0 spiro atoms. The number of aryl methyl sites for hydroxylation is 1. The number of nitrogens with zero attached hydrogens (tertiary/aromatic N) is 1. The summed E-state index contributed by atoms with van der Waals surface area (Å²) in [5.41, 5.74) is 5.25. The highest BCUT2D eigenvalue weighted by Gasteiger charge is 2.08. The normalized spacial score (nSPS) is 10.7. The van der Waals surface area contributed by atoms with Crippen LogP contribution in [0.3, 0.4) is 0 Å². The molecule has 0 bridgehead atoms. The van der Waals surface area contributed by atoms with E-state index in [4.69, 9.17) is 4.42 Å². The molecule has 0 atom stereocenters. The van der Waals surface area contributed by atoms with E-state index in [2.05, 4.69) is 15.8 Å². The summed E-state index contributed by atoms with van der Waals surface area (Å²) >= 11 is 0. The molecule has 2 rings (SSSR count). The van der Waals surface area contributed by atoms with Crippen molar-refractivity contribution < 1.29 is 14.0 Å². The van der Waals surface area contributed by atoms with Crippen molar-refractivity contribution >= 4 is 23.7 Å². The summed E-state index contributed by atoms with van der Waals surface area (Å²) in [7, 11) is 0. The van der Waals surface area contributed by atoms with Gasteiger partial charge in [0.2, 0.25) is 11.8 Å². The Kier molecular flexibility index (Phi) is 5.68. The second kappa shape index (κ2) is 7.93. The number of anilines is 1. The van der Waals surface area contributed by atoms with E-state index in [0.717, 1.165) is 16.8 Å². The maximum atomic E-state index is 11.9. The molecule has 0 fully saturated rings. The standard InChI is InChI=1S/C17H19N3O3/c1-12-5-3-7-15(13(12)2)19-16(21)8-9-17(22)20-18-11-14-6-4-10-23-14/h3-7,10-11H,8-9H2,1-2H3,(H,19,21)(H,20,22)/b18-11-. The Hall–Kier alpha value is -2.89. The number of furan rings is 1. The van der Waals surface area contributed by atoms with Crippen molar-refractivity contribution in [2.45, 2.75) is 26.7 Å². The quantitative estimate of drug-likeness (QED) is 0.635. The molecular weight excluding hydrogens is 294 g/mol. The minimum Gasteiger partial charge on any atom is -0.463 e. The van der Waals surface area contributed by atoms with E-state index in [1.54, 1.807) is 12.1 Å². The molecule has 0 radical (unpaired) electrons. The first-order valence-corrected chi connectivity index (χ1v) is 7.28. The Morgan fingerprint density at radius 3 is 2.65 bits per heavy atom. The lowest BCUT2D eigenvalue weighted by Crippen LogP contribution is -2.20. The highest BCUT2D eigenvalue weighted by atomic mass is 16.3. The van der Waals surface area contributed by atoms with Crippen LogP contribution in [-0.4, -0.2) is 18.0 Å². The zero-order valence-electron chi connectivity index (χ0n) is 13.1. The lowest BCUT2D eigenvalue weighted by molar-refractivity contribution is -0.124. The summed E-state index contributed by atoms with van der Waals surface area (Å²) in [5, 5.41) is 6.56. The van der Waals surface area contributed by atoms with Crippen molar-refractivity contribution in [1.82, 2.24) is 5.43 Å². The van der Waals surface area contributed by atoms with Gasteiger partial charge in [-0.05, 0) is 43.2 Å². The Labute approximate surface area is 134 Å². The summed E-state index contributed by atoms with van der Waals surface area (Å²) in [4.78, 5) is 23.5. The van der Waals surface area contributed by atoms with Crippen molar-refractivity contribution in [3.05, 3.63) is 53.5 Å². The zero-order valence-corrected chi connectivity index (χ0v) is 13.1. The van der Waals surface area contributed by atoms with E-state index in [1.165, 1.54) is 12.5 Å². The number of carbonyl (C=O) groups is 2. The van der Waals surface area contributed by atoms with Gasteiger partial charge in [0.25, 0.3) is 0 Å². The second-order valence-electron chi connectivity index (χ2n) is 5.10. The van der Waals surface area contributed by atoms with Gasteiger partial charge in [-0.15, -0.1) is 0 Å². The van der Waals surface area contributed by atoms with E-state index >= 15 is 0 Å². The molecule has 2 amide bonds. The van der Waals surface area contributed by atoms with Crippen LogP contribution in [0, 0.1) is 13.8 Å². The number of hydrogen-bond donors (Lipinski definition) is 2. The Bertz CT molecular complexity index is 706. The predicted octanol–water partition coefficient (Wildman–Crippen LogP) is 2.77. The van der Waals surface area contributed by atoms with Gasteiger partial charge in [0, 0.05) is 18.5 Å². The van der Waals surface area contributed by atoms with Crippen LogP contribution in [0.1, 0.15) is 29.7 Å². The van der Waals surface area contributed by atoms with Crippen molar-refractivity contribution in [1.29, 1.82) is 0 Å². The van der Waals surface area contributed by atoms with Crippen LogP contribution in [0.4, 0.5) is 5.69 Å². The molecule has 120 valence electrons. The molecule has 1 aromatic carbocycles. The van der Waals surface area contributed by atoms with Crippen molar-refractivity contribution in [2.75, 3.05) is 5.32 Å². The molecule has 0 saturated heterocycles. The van der Waals surface area contributed by atoms with Gasteiger partial charge in [-0.25, -0.2) is 5.43 Å². The van der Waals surface area contributed by atoms with E-state index in [-0.39, 0.29) is 24.7 Å². The van der Waals surface area contributed by atoms with Gasteiger partial charge < -0.3 is 9.73 Å². The van der Waals surface area contributed by atoms with Gasteiger partial charge in [-0.1, -0.05) is 12.1 Å². The van der Waals surface area contributed by atoms with Crippen molar-refractivity contribution in [3.63, 3.8) is 0 Å². The number of nitrogens with one attached hydrogen (secondary N) is 2. The average Bonchev–Trinajstić information content (AvgIpc) is 3.03. The molecule has 6 nitrogen and oxygen atoms in total. The molecule has 2 N–H and O–H groups in total. The van der Waals surface area contributed by atoms with Gasteiger partial charge in [-0.3, -0.25) is 9.59 Å². The van der Waals surface area contributed by atoms with Crippen LogP contribution in [0.25, 0.3) is 0 Å². The highest BCUT2D eigenvalue weighted by Crippen LogP contribution is 2.18. The fourth-order valence-corrected chi connectivity index (χ4v) is 1.91. The minimum absolute atomic E-state index is 0.0617. The number of carbonyl (C=O) groups excluding carboxylic acids is 2.